The predicted octanol–water partition coefficient (Wildman–Crippen LogP) is 7.11. The fourth-order valence-electron chi connectivity index (χ4n) is 9.96. The molecule has 0 unspecified atom stereocenters. The molecule has 0 aromatic rings. The van der Waals surface area contributed by atoms with Gasteiger partial charge in [0.05, 0.1) is 5.76 Å². The van der Waals surface area contributed by atoms with Gasteiger partial charge in [0.1, 0.15) is 11.7 Å². The van der Waals surface area contributed by atoms with Gasteiger partial charge < -0.3 is 14.8 Å². The molecule has 212 valence electrons. The lowest BCUT2D eigenvalue weighted by Gasteiger charge is -2.58. The van der Waals surface area contributed by atoms with E-state index in [1.165, 1.54) is 30.6 Å². The zero-order chi connectivity index (χ0) is 27.5. The minimum absolute atomic E-state index is 0.0486. The summed E-state index contributed by atoms with van der Waals surface area (Å²) in [5.41, 5.74) is 3.51. The summed E-state index contributed by atoms with van der Waals surface area (Å²) in [5, 5.41) is 2.96. The van der Waals surface area contributed by atoms with Gasteiger partial charge in [-0.25, -0.2) is 0 Å². The number of hydrogen-bond acceptors (Lipinski definition) is 4. The number of nitrogens with one attached hydrogen (secondary N) is 1. The maximum absolute atomic E-state index is 11.9. The number of carbonyl (C=O) groups is 2. The summed E-state index contributed by atoms with van der Waals surface area (Å²) in [4.78, 5) is 23.2. The van der Waals surface area contributed by atoms with Gasteiger partial charge >= 0.3 is 5.97 Å². The highest BCUT2D eigenvalue weighted by Gasteiger charge is 2.67. The van der Waals surface area contributed by atoms with E-state index in [1.807, 2.05) is 6.92 Å². The molecule has 4 aliphatic carbocycles. The molecule has 5 rings (SSSR count). The number of hydrogen-bond donors (Lipinski definition) is 1. The molecule has 5 aliphatic rings. The van der Waals surface area contributed by atoms with Crippen molar-refractivity contribution in [2.75, 3.05) is 6.54 Å². The van der Waals surface area contributed by atoms with Crippen LogP contribution < -0.4 is 5.32 Å². The molecular weight excluding hydrogens is 474 g/mol. The molecule has 38 heavy (non-hydrogen) atoms. The van der Waals surface area contributed by atoms with Crippen molar-refractivity contribution in [2.45, 2.75) is 124 Å². The lowest BCUT2D eigenvalue weighted by atomic mass is 9.47. The largest absolute Gasteiger partial charge is 0.491 e. The molecule has 1 N–H and O–H groups in total. The molecule has 9 atom stereocenters. The SMILES string of the molecule is CCC(=O)O[C@@H]1CC[C@@]2(C)C(=CC[C@H]3[C@H]2CC[C@]2(C)[C@H]4C(C)=C(CC[C@H](C)CNC(C)=O)O[C@@]4(C)C[C@@H]32)C1. The average molecular weight is 526 g/mol. The van der Waals surface area contributed by atoms with Crippen molar-refractivity contribution in [3.05, 3.63) is 23.0 Å². The van der Waals surface area contributed by atoms with Crippen LogP contribution >= 0.6 is 0 Å². The summed E-state index contributed by atoms with van der Waals surface area (Å²) in [6, 6.07) is 0. The maximum atomic E-state index is 11.9. The first-order valence-electron chi connectivity index (χ1n) is 15.4. The molecule has 1 amide bonds. The van der Waals surface area contributed by atoms with E-state index in [4.69, 9.17) is 9.47 Å². The second-order valence-corrected chi connectivity index (χ2v) is 14.3. The quantitative estimate of drug-likeness (QED) is 0.284. The van der Waals surface area contributed by atoms with Crippen LogP contribution in [-0.2, 0) is 19.1 Å². The highest BCUT2D eigenvalue weighted by atomic mass is 16.5. The maximum Gasteiger partial charge on any atom is 0.305 e. The van der Waals surface area contributed by atoms with E-state index in [0.717, 1.165) is 56.9 Å². The smallest absolute Gasteiger partial charge is 0.305 e. The Morgan fingerprint density at radius 3 is 2.66 bits per heavy atom. The molecule has 5 nitrogen and oxygen atoms in total. The monoisotopic (exact) mass is 525 g/mol. The first-order chi connectivity index (χ1) is 17.9. The Bertz CT molecular complexity index is 1030. The van der Waals surface area contributed by atoms with Crippen LogP contribution in [0, 0.1) is 40.4 Å². The third kappa shape index (κ3) is 4.54. The standard InChI is InChI=1S/C33H51NO4/c1-8-29(36)37-24-13-15-31(5)23(17-24)10-11-25-26(31)14-16-32(6)27(25)18-33(7)30(32)21(3)28(38-33)12-9-20(2)19-34-22(4)35/h10,20,24-27,30H,8-9,11-19H2,1-7H3,(H,34,35)/t20-,24+,25-,26+,27-,30+,31-,32-,33-/m0/s1. The highest BCUT2D eigenvalue weighted by molar-refractivity contribution is 5.72. The normalized spacial score (nSPS) is 42.2. The zero-order valence-corrected chi connectivity index (χ0v) is 25.0. The van der Waals surface area contributed by atoms with Crippen molar-refractivity contribution in [3.8, 4) is 0 Å². The molecule has 1 heterocycles. The number of amides is 1. The molecule has 0 radical (unpaired) electrons. The van der Waals surface area contributed by atoms with Crippen molar-refractivity contribution in [1.82, 2.24) is 5.32 Å². The lowest BCUT2D eigenvalue weighted by Crippen LogP contribution is -2.50. The third-order valence-electron chi connectivity index (χ3n) is 11.8. The summed E-state index contributed by atoms with van der Waals surface area (Å²) in [5.74, 6) is 4.30. The van der Waals surface area contributed by atoms with Crippen molar-refractivity contribution < 1.29 is 19.1 Å². The summed E-state index contributed by atoms with van der Waals surface area (Å²) in [6.45, 7) is 16.3. The summed E-state index contributed by atoms with van der Waals surface area (Å²) in [7, 11) is 0. The molecule has 0 spiro atoms. The molecule has 0 aromatic carbocycles. The predicted molar refractivity (Wildman–Crippen MR) is 150 cm³/mol. The van der Waals surface area contributed by atoms with Gasteiger partial charge in [0.15, 0.2) is 0 Å². The van der Waals surface area contributed by atoms with E-state index in [-0.39, 0.29) is 29.0 Å². The Morgan fingerprint density at radius 2 is 1.95 bits per heavy atom. The second kappa shape index (κ2) is 10.0. The molecule has 1 aliphatic heterocycles. The Morgan fingerprint density at radius 1 is 1.18 bits per heavy atom. The van der Waals surface area contributed by atoms with E-state index < -0.39 is 0 Å². The Labute approximate surface area is 230 Å². The first kappa shape index (κ1) is 27.8. The van der Waals surface area contributed by atoms with Gasteiger partial charge in [-0.2, -0.15) is 0 Å². The van der Waals surface area contributed by atoms with E-state index in [2.05, 4.69) is 46.0 Å². The van der Waals surface area contributed by atoms with Gasteiger partial charge in [-0.3, -0.25) is 9.59 Å². The van der Waals surface area contributed by atoms with Gasteiger partial charge in [0.25, 0.3) is 0 Å². The minimum atomic E-state index is -0.0918. The van der Waals surface area contributed by atoms with E-state index in [9.17, 15) is 9.59 Å². The van der Waals surface area contributed by atoms with Gasteiger partial charge in [-0.05, 0) is 98.9 Å². The number of allylic oxidation sites excluding steroid dienone is 2. The first-order valence-corrected chi connectivity index (χ1v) is 15.4. The number of carbonyl (C=O) groups excluding carboxylic acids is 2. The van der Waals surface area contributed by atoms with E-state index in [0.29, 0.717) is 29.6 Å². The summed E-state index contributed by atoms with van der Waals surface area (Å²) >= 11 is 0. The van der Waals surface area contributed by atoms with Crippen LogP contribution in [0.25, 0.3) is 0 Å². The molecule has 3 saturated carbocycles. The Kier molecular flexibility index (Phi) is 7.31. The van der Waals surface area contributed by atoms with Crippen LogP contribution in [0.4, 0.5) is 0 Å². The Balaban J connectivity index is 1.31. The number of ether oxygens (including phenoxy) is 2. The van der Waals surface area contributed by atoms with Gasteiger partial charge in [0.2, 0.25) is 5.91 Å². The average Bonchev–Trinajstić information content (AvgIpc) is 3.27. The fraction of sp³-hybridized carbons (Fsp3) is 0.818. The Hall–Kier alpha value is -1.78. The van der Waals surface area contributed by atoms with E-state index in [1.54, 1.807) is 12.5 Å². The van der Waals surface area contributed by atoms with Gasteiger partial charge in [-0.1, -0.05) is 39.3 Å². The second-order valence-electron chi connectivity index (χ2n) is 14.3. The summed E-state index contributed by atoms with van der Waals surface area (Å²) in [6.07, 6.45) is 13.1. The fourth-order valence-corrected chi connectivity index (χ4v) is 9.96. The van der Waals surface area contributed by atoms with Crippen LogP contribution in [0.15, 0.2) is 23.0 Å². The van der Waals surface area contributed by atoms with Gasteiger partial charge in [0, 0.05) is 38.6 Å². The topological polar surface area (TPSA) is 64.6 Å². The van der Waals surface area contributed by atoms with Crippen LogP contribution in [0.1, 0.15) is 113 Å². The lowest BCUT2D eigenvalue weighted by molar-refractivity contribution is -0.151. The minimum Gasteiger partial charge on any atom is -0.491 e. The number of fused-ring (bicyclic) bond motifs is 7. The highest BCUT2D eigenvalue weighted by Crippen LogP contribution is 2.71. The molecule has 0 saturated heterocycles. The van der Waals surface area contributed by atoms with Crippen molar-refractivity contribution in [1.29, 1.82) is 0 Å². The third-order valence-corrected chi connectivity index (χ3v) is 11.8. The number of esters is 1. The molecule has 0 bridgehead atoms. The zero-order valence-electron chi connectivity index (χ0n) is 25.0. The molecule has 3 fully saturated rings. The van der Waals surface area contributed by atoms with Crippen molar-refractivity contribution >= 4 is 11.9 Å². The van der Waals surface area contributed by atoms with Crippen LogP contribution in [-0.4, -0.2) is 30.1 Å². The molecular formula is C33H51NO4. The van der Waals surface area contributed by atoms with Gasteiger partial charge in [-0.15, -0.1) is 0 Å². The van der Waals surface area contributed by atoms with Crippen LogP contribution in [0.5, 0.6) is 0 Å². The summed E-state index contributed by atoms with van der Waals surface area (Å²) < 4.78 is 12.7. The van der Waals surface area contributed by atoms with E-state index >= 15 is 0 Å². The molecule has 5 heteroatoms. The van der Waals surface area contributed by atoms with Crippen LogP contribution in [0.3, 0.4) is 0 Å². The number of rotatable bonds is 7. The van der Waals surface area contributed by atoms with Crippen LogP contribution in [0.2, 0.25) is 0 Å². The van der Waals surface area contributed by atoms with Crippen molar-refractivity contribution in [2.24, 2.45) is 40.4 Å². The van der Waals surface area contributed by atoms with Crippen molar-refractivity contribution in [3.63, 3.8) is 0 Å². The molecule has 0 aromatic heterocycles.